The highest BCUT2D eigenvalue weighted by atomic mass is 35.5. The van der Waals surface area contributed by atoms with Gasteiger partial charge in [-0.25, -0.2) is 0 Å². The van der Waals surface area contributed by atoms with Crippen molar-refractivity contribution in [2.45, 2.75) is 38.8 Å². The molecule has 0 saturated heterocycles. The molecule has 0 saturated carbocycles. The van der Waals surface area contributed by atoms with Gasteiger partial charge in [0.2, 0.25) is 0 Å². The zero-order valence-corrected chi connectivity index (χ0v) is 12.7. The molecule has 1 N–H and O–H groups in total. The Balaban J connectivity index is 2.03. The molecule has 1 atom stereocenters. The quantitative estimate of drug-likeness (QED) is 0.723. The van der Waals surface area contributed by atoms with Crippen LogP contribution >= 0.6 is 11.6 Å². The first-order valence-electron chi connectivity index (χ1n) is 7.33. The van der Waals surface area contributed by atoms with Gasteiger partial charge in [-0.2, -0.15) is 0 Å². The molecule has 0 spiro atoms. The topological polar surface area (TPSA) is 12.0 Å². The molecule has 20 heavy (non-hydrogen) atoms. The third-order valence-corrected chi connectivity index (χ3v) is 3.91. The summed E-state index contributed by atoms with van der Waals surface area (Å²) < 4.78 is 0. The average molecular weight is 288 g/mol. The Morgan fingerprint density at radius 3 is 2.40 bits per heavy atom. The van der Waals surface area contributed by atoms with Crippen molar-refractivity contribution in [2.75, 3.05) is 0 Å². The van der Waals surface area contributed by atoms with Crippen molar-refractivity contribution in [1.82, 2.24) is 5.32 Å². The molecule has 0 heterocycles. The number of halogens is 1. The minimum absolute atomic E-state index is 0.396. The summed E-state index contributed by atoms with van der Waals surface area (Å²) in [6, 6.07) is 19.1. The molecule has 1 nitrogen and oxygen atoms in total. The molecule has 2 heteroatoms. The van der Waals surface area contributed by atoms with Gasteiger partial charge in [0.15, 0.2) is 0 Å². The number of nitrogens with one attached hydrogen (secondary N) is 1. The summed E-state index contributed by atoms with van der Waals surface area (Å²) in [7, 11) is 0. The van der Waals surface area contributed by atoms with E-state index in [1.54, 1.807) is 0 Å². The van der Waals surface area contributed by atoms with Gasteiger partial charge in [-0.1, -0.05) is 79.9 Å². The fourth-order valence-corrected chi connectivity index (χ4v) is 2.56. The lowest BCUT2D eigenvalue weighted by Crippen LogP contribution is -2.21. The second-order valence-corrected chi connectivity index (χ2v) is 5.49. The third-order valence-electron chi connectivity index (χ3n) is 3.55. The van der Waals surface area contributed by atoms with Gasteiger partial charge >= 0.3 is 0 Å². The van der Waals surface area contributed by atoms with Gasteiger partial charge in [0.1, 0.15) is 0 Å². The van der Waals surface area contributed by atoms with Gasteiger partial charge in [-0.3, -0.25) is 0 Å². The molecule has 2 aromatic rings. The van der Waals surface area contributed by atoms with E-state index in [9.17, 15) is 0 Å². The Morgan fingerprint density at radius 2 is 1.70 bits per heavy atom. The summed E-state index contributed by atoms with van der Waals surface area (Å²) in [5.41, 5.74) is 2.51. The van der Waals surface area contributed by atoms with E-state index in [1.807, 2.05) is 18.2 Å². The number of unbranched alkanes of at least 4 members (excludes halogenated alkanes) is 1. The van der Waals surface area contributed by atoms with Crippen molar-refractivity contribution >= 4 is 11.6 Å². The Morgan fingerprint density at radius 1 is 1.00 bits per heavy atom. The van der Waals surface area contributed by atoms with Gasteiger partial charge in [0.25, 0.3) is 0 Å². The van der Waals surface area contributed by atoms with Crippen LogP contribution in [0, 0.1) is 0 Å². The number of hydrogen-bond acceptors (Lipinski definition) is 1. The standard InChI is InChI=1S/C18H22ClN/c1-2-3-13-18(15-9-5-4-6-10-15)20-14-16-11-7-8-12-17(16)19/h4-12,18,20H,2-3,13-14H2,1H3. The second-order valence-electron chi connectivity index (χ2n) is 5.08. The van der Waals surface area contributed by atoms with Gasteiger partial charge < -0.3 is 5.32 Å². The summed E-state index contributed by atoms with van der Waals surface area (Å²) in [4.78, 5) is 0. The zero-order valence-electron chi connectivity index (χ0n) is 12.0. The highest BCUT2D eigenvalue weighted by molar-refractivity contribution is 6.31. The minimum Gasteiger partial charge on any atom is -0.306 e. The summed E-state index contributed by atoms with van der Waals surface area (Å²) in [6.07, 6.45) is 3.61. The van der Waals surface area contributed by atoms with E-state index in [-0.39, 0.29) is 0 Å². The van der Waals surface area contributed by atoms with Crippen molar-refractivity contribution in [2.24, 2.45) is 0 Å². The molecular weight excluding hydrogens is 266 g/mol. The highest BCUT2D eigenvalue weighted by Crippen LogP contribution is 2.21. The molecular formula is C18H22ClN. The van der Waals surface area contributed by atoms with Gasteiger partial charge in [0.05, 0.1) is 0 Å². The smallest absolute Gasteiger partial charge is 0.0450 e. The van der Waals surface area contributed by atoms with Crippen molar-refractivity contribution in [3.8, 4) is 0 Å². The molecule has 0 aromatic heterocycles. The normalized spacial score (nSPS) is 12.3. The Labute approximate surface area is 127 Å². The molecule has 0 aliphatic heterocycles. The lowest BCUT2D eigenvalue weighted by atomic mass is 10.0. The van der Waals surface area contributed by atoms with Crippen LogP contribution in [0.15, 0.2) is 54.6 Å². The fourth-order valence-electron chi connectivity index (χ4n) is 2.36. The van der Waals surface area contributed by atoms with E-state index in [2.05, 4.69) is 48.6 Å². The Kier molecular flexibility index (Phi) is 6.10. The molecule has 106 valence electrons. The van der Waals surface area contributed by atoms with Crippen LogP contribution in [0.25, 0.3) is 0 Å². The maximum absolute atomic E-state index is 6.22. The summed E-state index contributed by atoms with van der Waals surface area (Å²) >= 11 is 6.22. The molecule has 0 fully saturated rings. The SMILES string of the molecule is CCCCC(NCc1ccccc1Cl)c1ccccc1. The monoisotopic (exact) mass is 287 g/mol. The minimum atomic E-state index is 0.396. The van der Waals surface area contributed by atoms with Crippen LogP contribution in [-0.4, -0.2) is 0 Å². The summed E-state index contributed by atoms with van der Waals surface area (Å²) in [6.45, 7) is 3.04. The first-order chi connectivity index (χ1) is 9.81. The van der Waals surface area contributed by atoms with Crippen LogP contribution in [0.5, 0.6) is 0 Å². The molecule has 0 amide bonds. The predicted octanol–water partition coefficient (Wildman–Crippen LogP) is 5.36. The summed E-state index contributed by atoms with van der Waals surface area (Å²) in [5, 5.41) is 4.48. The van der Waals surface area contributed by atoms with Crippen LogP contribution in [0.3, 0.4) is 0 Å². The van der Waals surface area contributed by atoms with Gasteiger partial charge in [-0.05, 0) is 23.6 Å². The van der Waals surface area contributed by atoms with Crippen LogP contribution in [0.4, 0.5) is 0 Å². The number of hydrogen-bond donors (Lipinski definition) is 1. The predicted molar refractivity (Wildman–Crippen MR) is 87.0 cm³/mol. The third kappa shape index (κ3) is 4.36. The maximum atomic E-state index is 6.22. The largest absolute Gasteiger partial charge is 0.306 e. The van der Waals surface area contributed by atoms with Crippen LogP contribution in [-0.2, 0) is 6.54 Å². The second kappa shape index (κ2) is 8.08. The van der Waals surface area contributed by atoms with Crippen molar-refractivity contribution in [1.29, 1.82) is 0 Å². The Bertz CT molecular complexity index is 510. The van der Waals surface area contributed by atoms with E-state index in [4.69, 9.17) is 11.6 Å². The molecule has 2 rings (SSSR count). The first kappa shape index (κ1) is 15.1. The van der Waals surface area contributed by atoms with Crippen molar-refractivity contribution in [3.63, 3.8) is 0 Å². The van der Waals surface area contributed by atoms with Crippen LogP contribution in [0.2, 0.25) is 5.02 Å². The lowest BCUT2D eigenvalue weighted by Gasteiger charge is -2.19. The highest BCUT2D eigenvalue weighted by Gasteiger charge is 2.10. The fraction of sp³-hybridized carbons (Fsp3) is 0.333. The summed E-state index contributed by atoms with van der Waals surface area (Å²) in [5.74, 6) is 0. The van der Waals surface area contributed by atoms with Crippen molar-refractivity contribution < 1.29 is 0 Å². The lowest BCUT2D eigenvalue weighted by molar-refractivity contribution is 0.480. The van der Waals surface area contributed by atoms with Gasteiger partial charge in [0, 0.05) is 17.6 Å². The zero-order chi connectivity index (χ0) is 14.2. The van der Waals surface area contributed by atoms with E-state index < -0.39 is 0 Å². The van der Waals surface area contributed by atoms with Crippen LogP contribution < -0.4 is 5.32 Å². The molecule has 0 aliphatic carbocycles. The maximum Gasteiger partial charge on any atom is 0.0450 e. The van der Waals surface area contributed by atoms with Crippen LogP contribution in [0.1, 0.15) is 43.4 Å². The van der Waals surface area contributed by atoms with Gasteiger partial charge in [-0.15, -0.1) is 0 Å². The molecule has 0 radical (unpaired) electrons. The number of rotatable bonds is 7. The van der Waals surface area contributed by atoms with E-state index in [1.165, 1.54) is 18.4 Å². The molecule has 0 aliphatic rings. The average Bonchev–Trinajstić information content (AvgIpc) is 2.50. The van der Waals surface area contributed by atoms with E-state index in [0.29, 0.717) is 6.04 Å². The van der Waals surface area contributed by atoms with E-state index >= 15 is 0 Å². The van der Waals surface area contributed by atoms with E-state index in [0.717, 1.165) is 23.6 Å². The molecule has 1 unspecified atom stereocenters. The molecule has 0 bridgehead atoms. The number of benzene rings is 2. The van der Waals surface area contributed by atoms with Crippen molar-refractivity contribution in [3.05, 3.63) is 70.7 Å². The first-order valence-corrected chi connectivity index (χ1v) is 7.70. The Hall–Kier alpha value is -1.31. The molecule has 2 aromatic carbocycles.